The Morgan fingerprint density at radius 3 is 2.32 bits per heavy atom. The molecule has 2 unspecified atom stereocenters. The van der Waals surface area contributed by atoms with E-state index in [1.165, 1.54) is 0 Å². The molecule has 1 fully saturated rings. The summed E-state index contributed by atoms with van der Waals surface area (Å²) in [6.07, 6.45) is -3.87. The Bertz CT molecular complexity index is 411. The van der Waals surface area contributed by atoms with Crippen LogP contribution in [0.3, 0.4) is 0 Å². The van der Waals surface area contributed by atoms with Crippen molar-refractivity contribution in [1.82, 2.24) is 5.32 Å². The summed E-state index contributed by atoms with van der Waals surface area (Å²) in [7, 11) is 0. The molecule has 0 spiro atoms. The fourth-order valence-corrected chi connectivity index (χ4v) is 2.43. The number of nitrogens with one attached hydrogen (secondary N) is 1. The maximum absolute atomic E-state index is 12.6. The Kier molecular flexibility index (Phi) is 3.90. The van der Waals surface area contributed by atoms with Crippen LogP contribution in [-0.4, -0.2) is 12.7 Å². The van der Waals surface area contributed by atoms with Gasteiger partial charge in [0.25, 0.3) is 0 Å². The molecule has 1 nitrogen and oxygen atoms in total. The van der Waals surface area contributed by atoms with Crippen molar-refractivity contribution in [1.29, 1.82) is 0 Å². The van der Waals surface area contributed by atoms with E-state index in [0.29, 0.717) is 18.0 Å². The zero-order chi connectivity index (χ0) is 14.1. The van der Waals surface area contributed by atoms with Gasteiger partial charge in [-0.3, -0.25) is 0 Å². The average molecular weight is 271 g/mol. The minimum atomic E-state index is -4.15. The molecule has 1 aromatic carbocycles. The maximum atomic E-state index is 12.6. The van der Waals surface area contributed by atoms with Crippen LogP contribution in [0.5, 0.6) is 0 Å². The molecule has 0 saturated heterocycles. The minimum absolute atomic E-state index is 0.284. The van der Waals surface area contributed by atoms with Crippen LogP contribution in [0, 0.1) is 11.3 Å². The Balaban J connectivity index is 1.99. The molecular weight excluding hydrogens is 251 g/mol. The van der Waals surface area contributed by atoms with Crippen molar-refractivity contribution >= 4 is 0 Å². The smallest absolute Gasteiger partial charge is 0.309 e. The first kappa shape index (κ1) is 14.4. The van der Waals surface area contributed by atoms with Gasteiger partial charge in [0.2, 0.25) is 0 Å². The first-order chi connectivity index (χ1) is 8.78. The van der Waals surface area contributed by atoms with Crippen molar-refractivity contribution in [3.8, 4) is 0 Å². The SMILES string of the molecule is CC1(C)CC1CNC(CC(F)(F)F)c1ccccc1. The Hall–Kier alpha value is -1.03. The molecule has 1 aliphatic carbocycles. The first-order valence-corrected chi connectivity index (χ1v) is 6.63. The van der Waals surface area contributed by atoms with Gasteiger partial charge < -0.3 is 5.32 Å². The van der Waals surface area contributed by atoms with E-state index in [-0.39, 0.29) is 5.41 Å². The molecule has 4 heteroatoms. The highest BCUT2D eigenvalue weighted by Crippen LogP contribution is 2.51. The zero-order valence-corrected chi connectivity index (χ0v) is 11.3. The second kappa shape index (κ2) is 5.16. The van der Waals surface area contributed by atoms with Gasteiger partial charge in [-0.15, -0.1) is 0 Å². The molecule has 0 aromatic heterocycles. The molecule has 0 heterocycles. The average Bonchev–Trinajstić information content (AvgIpc) is 2.92. The van der Waals surface area contributed by atoms with E-state index in [0.717, 1.165) is 6.42 Å². The molecule has 106 valence electrons. The van der Waals surface area contributed by atoms with Gasteiger partial charge in [0.05, 0.1) is 6.42 Å². The summed E-state index contributed by atoms with van der Waals surface area (Å²) in [4.78, 5) is 0. The van der Waals surface area contributed by atoms with Crippen LogP contribution in [0.4, 0.5) is 13.2 Å². The van der Waals surface area contributed by atoms with Crippen LogP contribution in [0.15, 0.2) is 30.3 Å². The predicted molar refractivity (Wildman–Crippen MR) is 69.7 cm³/mol. The largest absolute Gasteiger partial charge is 0.390 e. The van der Waals surface area contributed by atoms with Gasteiger partial charge >= 0.3 is 6.18 Å². The third-order valence-electron chi connectivity index (χ3n) is 3.97. The summed E-state index contributed by atoms with van der Waals surface area (Å²) < 4.78 is 37.9. The van der Waals surface area contributed by atoms with E-state index in [9.17, 15) is 13.2 Å². The number of benzene rings is 1. The molecule has 2 atom stereocenters. The number of alkyl halides is 3. The van der Waals surface area contributed by atoms with Crippen molar-refractivity contribution in [2.45, 2.75) is 38.9 Å². The normalized spacial score (nSPS) is 23.1. The van der Waals surface area contributed by atoms with Gasteiger partial charge in [-0.1, -0.05) is 44.2 Å². The van der Waals surface area contributed by atoms with E-state index in [1.54, 1.807) is 24.3 Å². The van der Waals surface area contributed by atoms with Crippen LogP contribution in [0.1, 0.15) is 38.3 Å². The molecule has 1 aliphatic rings. The number of rotatable bonds is 5. The molecule has 1 aromatic rings. The summed E-state index contributed by atoms with van der Waals surface area (Å²) in [6, 6.07) is 8.24. The van der Waals surface area contributed by atoms with Crippen LogP contribution in [0.2, 0.25) is 0 Å². The van der Waals surface area contributed by atoms with Gasteiger partial charge in [0.1, 0.15) is 0 Å². The molecule has 0 radical (unpaired) electrons. The summed E-state index contributed by atoms with van der Waals surface area (Å²) in [5.41, 5.74) is 0.991. The molecule has 0 bridgehead atoms. The number of hydrogen-bond acceptors (Lipinski definition) is 1. The topological polar surface area (TPSA) is 12.0 Å². The highest BCUT2D eigenvalue weighted by Gasteiger charge is 2.45. The van der Waals surface area contributed by atoms with Crippen molar-refractivity contribution in [2.75, 3.05) is 6.54 Å². The highest BCUT2D eigenvalue weighted by molar-refractivity contribution is 5.19. The Morgan fingerprint density at radius 2 is 1.84 bits per heavy atom. The Morgan fingerprint density at radius 1 is 1.26 bits per heavy atom. The predicted octanol–water partition coefficient (Wildman–Crippen LogP) is 4.32. The first-order valence-electron chi connectivity index (χ1n) is 6.63. The lowest BCUT2D eigenvalue weighted by Gasteiger charge is -2.21. The van der Waals surface area contributed by atoms with E-state index in [1.807, 2.05) is 6.07 Å². The molecular formula is C15H20F3N. The summed E-state index contributed by atoms with van der Waals surface area (Å²) in [5, 5.41) is 3.09. The molecule has 0 aliphatic heterocycles. The van der Waals surface area contributed by atoms with E-state index in [4.69, 9.17) is 0 Å². The summed E-state index contributed by atoms with van der Waals surface area (Å²) in [5.74, 6) is 0.493. The van der Waals surface area contributed by atoms with Gasteiger partial charge in [-0.05, 0) is 29.9 Å². The van der Waals surface area contributed by atoms with E-state index in [2.05, 4.69) is 19.2 Å². The molecule has 1 N–H and O–H groups in total. The van der Waals surface area contributed by atoms with Crippen LogP contribution in [-0.2, 0) is 0 Å². The Labute approximate surface area is 112 Å². The third kappa shape index (κ3) is 4.23. The highest BCUT2D eigenvalue weighted by atomic mass is 19.4. The second-order valence-electron chi connectivity index (χ2n) is 6.08. The second-order valence-corrected chi connectivity index (χ2v) is 6.08. The maximum Gasteiger partial charge on any atom is 0.390 e. The summed E-state index contributed by atoms with van der Waals surface area (Å²) >= 11 is 0. The van der Waals surface area contributed by atoms with Crippen molar-refractivity contribution in [3.63, 3.8) is 0 Å². The number of halogens is 3. The van der Waals surface area contributed by atoms with Crippen LogP contribution < -0.4 is 5.32 Å². The van der Waals surface area contributed by atoms with Crippen molar-refractivity contribution in [2.24, 2.45) is 11.3 Å². The lowest BCUT2D eigenvalue weighted by molar-refractivity contribution is -0.140. The van der Waals surface area contributed by atoms with Gasteiger partial charge in [0.15, 0.2) is 0 Å². The molecule has 2 rings (SSSR count). The third-order valence-corrected chi connectivity index (χ3v) is 3.97. The fourth-order valence-electron chi connectivity index (χ4n) is 2.43. The van der Waals surface area contributed by atoms with Gasteiger partial charge in [0, 0.05) is 6.04 Å². The van der Waals surface area contributed by atoms with Crippen LogP contribution in [0.25, 0.3) is 0 Å². The van der Waals surface area contributed by atoms with Gasteiger partial charge in [-0.2, -0.15) is 13.2 Å². The molecule has 1 saturated carbocycles. The lowest BCUT2D eigenvalue weighted by atomic mass is 10.0. The van der Waals surface area contributed by atoms with Crippen LogP contribution >= 0.6 is 0 Å². The fraction of sp³-hybridized carbons (Fsp3) is 0.600. The lowest BCUT2D eigenvalue weighted by Crippen LogP contribution is -2.29. The standard InChI is InChI=1S/C15H20F3N/c1-14(2)8-12(14)10-19-13(9-15(16,17)18)11-6-4-3-5-7-11/h3-7,12-13,19H,8-10H2,1-2H3. The van der Waals surface area contributed by atoms with E-state index >= 15 is 0 Å². The van der Waals surface area contributed by atoms with E-state index < -0.39 is 18.6 Å². The molecule has 19 heavy (non-hydrogen) atoms. The minimum Gasteiger partial charge on any atom is -0.309 e. The monoisotopic (exact) mass is 271 g/mol. The van der Waals surface area contributed by atoms with Crippen molar-refractivity contribution in [3.05, 3.63) is 35.9 Å². The molecule has 0 amide bonds. The van der Waals surface area contributed by atoms with Gasteiger partial charge in [-0.25, -0.2) is 0 Å². The van der Waals surface area contributed by atoms with Crippen molar-refractivity contribution < 1.29 is 13.2 Å². The zero-order valence-electron chi connectivity index (χ0n) is 11.3. The quantitative estimate of drug-likeness (QED) is 0.841. The number of hydrogen-bond donors (Lipinski definition) is 1. The summed E-state index contributed by atoms with van der Waals surface area (Å²) in [6.45, 7) is 4.96.